The number of hydrogen-bond acceptors (Lipinski definition) is 4. The van der Waals surface area contributed by atoms with Crippen LogP contribution >= 0.6 is 23.2 Å². The number of sulfonamides is 1. The molecule has 0 spiro atoms. The largest absolute Gasteiger partial charge is 0.352 e. The summed E-state index contributed by atoms with van der Waals surface area (Å²) in [6.07, 6.45) is 5.53. The van der Waals surface area contributed by atoms with Crippen LogP contribution in [-0.2, 0) is 26.0 Å². The first-order valence-electron chi connectivity index (χ1n) is 11.6. The third-order valence-corrected chi connectivity index (χ3v) is 7.74. The van der Waals surface area contributed by atoms with Gasteiger partial charge in [-0.2, -0.15) is 0 Å². The van der Waals surface area contributed by atoms with E-state index < -0.39 is 28.5 Å². The van der Waals surface area contributed by atoms with Crippen molar-refractivity contribution >= 4 is 50.7 Å². The van der Waals surface area contributed by atoms with Crippen LogP contribution in [-0.4, -0.2) is 56.6 Å². The topological polar surface area (TPSA) is 86.8 Å². The fourth-order valence-corrected chi connectivity index (χ4v) is 5.61. The molecule has 0 heterocycles. The van der Waals surface area contributed by atoms with Gasteiger partial charge in [-0.25, -0.2) is 8.42 Å². The maximum atomic E-state index is 13.5. The number of anilines is 1. The Labute approximate surface area is 217 Å². The molecule has 0 unspecified atom stereocenters. The van der Waals surface area contributed by atoms with E-state index in [4.69, 9.17) is 23.2 Å². The van der Waals surface area contributed by atoms with E-state index in [1.807, 2.05) is 30.3 Å². The molecule has 1 saturated carbocycles. The highest BCUT2D eigenvalue weighted by atomic mass is 35.5. The molecule has 1 aliphatic rings. The zero-order chi connectivity index (χ0) is 25.6. The van der Waals surface area contributed by atoms with Gasteiger partial charge in [0.2, 0.25) is 21.8 Å². The third-order valence-electron chi connectivity index (χ3n) is 6.17. The standard InChI is InChI=1S/C25H31Cl2N3O4S/c1-18(25(32)28-22-10-6-7-11-22)29(13-12-19-8-4-3-5-9-19)24(31)17-30(35(2,33)34)23-15-20(26)14-21(27)16-23/h3-5,8-9,14-16,18,22H,6-7,10-13,17H2,1-2H3,(H,28,32)/t18-/m0/s1. The normalized spacial score (nSPS) is 15.0. The summed E-state index contributed by atoms with van der Waals surface area (Å²) in [4.78, 5) is 28.0. The van der Waals surface area contributed by atoms with Gasteiger partial charge >= 0.3 is 0 Å². The smallest absolute Gasteiger partial charge is 0.244 e. The summed E-state index contributed by atoms with van der Waals surface area (Å²) in [5.74, 6) is -0.730. The molecule has 3 rings (SSSR count). The van der Waals surface area contributed by atoms with Crippen molar-refractivity contribution in [2.45, 2.75) is 51.1 Å². The second-order valence-electron chi connectivity index (χ2n) is 8.89. The van der Waals surface area contributed by atoms with Gasteiger partial charge in [-0.15, -0.1) is 0 Å². The average molecular weight is 541 g/mol. The minimum Gasteiger partial charge on any atom is -0.352 e. The van der Waals surface area contributed by atoms with Gasteiger partial charge in [-0.1, -0.05) is 66.4 Å². The number of nitrogens with one attached hydrogen (secondary N) is 1. The summed E-state index contributed by atoms with van der Waals surface area (Å²) < 4.78 is 26.2. The Morgan fingerprint density at radius 1 is 1.06 bits per heavy atom. The first-order chi connectivity index (χ1) is 16.5. The lowest BCUT2D eigenvalue weighted by Crippen LogP contribution is -2.53. The van der Waals surface area contributed by atoms with Crippen molar-refractivity contribution in [2.24, 2.45) is 0 Å². The molecule has 1 atom stereocenters. The van der Waals surface area contributed by atoms with E-state index in [0.29, 0.717) is 6.42 Å². The molecule has 0 bridgehead atoms. The summed E-state index contributed by atoms with van der Waals surface area (Å²) in [5.41, 5.74) is 1.19. The maximum absolute atomic E-state index is 13.5. The number of nitrogens with zero attached hydrogens (tertiary/aromatic N) is 2. The van der Waals surface area contributed by atoms with Crippen molar-refractivity contribution in [3.8, 4) is 0 Å². The second-order valence-corrected chi connectivity index (χ2v) is 11.7. The van der Waals surface area contributed by atoms with Crippen LogP contribution in [0.1, 0.15) is 38.2 Å². The van der Waals surface area contributed by atoms with Gasteiger partial charge in [0.25, 0.3) is 0 Å². The molecular formula is C25H31Cl2N3O4S. The number of halogens is 2. The van der Waals surface area contributed by atoms with E-state index >= 15 is 0 Å². The zero-order valence-electron chi connectivity index (χ0n) is 19.9. The van der Waals surface area contributed by atoms with Crippen LogP contribution in [0.3, 0.4) is 0 Å². The van der Waals surface area contributed by atoms with Gasteiger partial charge in [0.1, 0.15) is 12.6 Å². The Bertz CT molecular complexity index is 1120. The molecule has 1 aliphatic carbocycles. The van der Waals surface area contributed by atoms with Crippen molar-refractivity contribution in [2.75, 3.05) is 23.7 Å². The van der Waals surface area contributed by atoms with Crippen LogP contribution in [0, 0.1) is 0 Å². The Kier molecular flexibility index (Phi) is 9.44. The van der Waals surface area contributed by atoms with Crippen LogP contribution in [0.2, 0.25) is 10.0 Å². The Morgan fingerprint density at radius 3 is 2.23 bits per heavy atom. The van der Waals surface area contributed by atoms with Crippen molar-refractivity contribution in [1.29, 1.82) is 0 Å². The van der Waals surface area contributed by atoms with Crippen molar-refractivity contribution in [3.63, 3.8) is 0 Å². The molecule has 2 aromatic rings. The van der Waals surface area contributed by atoms with Gasteiger partial charge in [-0.05, 0) is 49.9 Å². The summed E-state index contributed by atoms with van der Waals surface area (Å²) in [6, 6.07) is 13.3. The molecule has 0 radical (unpaired) electrons. The van der Waals surface area contributed by atoms with Crippen molar-refractivity contribution < 1.29 is 18.0 Å². The highest BCUT2D eigenvalue weighted by Gasteiger charge is 2.31. The summed E-state index contributed by atoms with van der Waals surface area (Å²) >= 11 is 12.2. The van der Waals surface area contributed by atoms with Gasteiger partial charge in [0, 0.05) is 22.6 Å². The molecule has 2 aromatic carbocycles. The van der Waals surface area contributed by atoms with Crippen LogP contribution in [0.4, 0.5) is 5.69 Å². The molecule has 35 heavy (non-hydrogen) atoms. The van der Waals surface area contributed by atoms with E-state index in [-0.39, 0.29) is 34.2 Å². The highest BCUT2D eigenvalue weighted by Crippen LogP contribution is 2.27. The summed E-state index contributed by atoms with van der Waals surface area (Å²) in [6.45, 7) is 1.45. The summed E-state index contributed by atoms with van der Waals surface area (Å²) in [5, 5.41) is 3.54. The molecule has 190 valence electrons. The lowest BCUT2D eigenvalue weighted by molar-refractivity contribution is -0.139. The predicted molar refractivity (Wildman–Crippen MR) is 140 cm³/mol. The molecule has 7 nitrogen and oxygen atoms in total. The van der Waals surface area contributed by atoms with Crippen molar-refractivity contribution in [1.82, 2.24) is 10.2 Å². The minimum atomic E-state index is -3.84. The Hall–Kier alpha value is -2.29. The molecule has 0 aliphatic heterocycles. The van der Waals surface area contributed by atoms with E-state index in [1.54, 1.807) is 6.92 Å². The van der Waals surface area contributed by atoms with Crippen LogP contribution in [0.15, 0.2) is 48.5 Å². The SMILES string of the molecule is C[C@@H](C(=O)NC1CCCC1)N(CCc1ccccc1)C(=O)CN(c1cc(Cl)cc(Cl)c1)S(C)(=O)=O. The molecule has 2 amide bonds. The number of rotatable bonds is 10. The number of carbonyl (C=O) groups is 2. The maximum Gasteiger partial charge on any atom is 0.244 e. The monoisotopic (exact) mass is 539 g/mol. The number of amides is 2. The lowest BCUT2D eigenvalue weighted by Gasteiger charge is -2.32. The van der Waals surface area contributed by atoms with Crippen molar-refractivity contribution in [3.05, 3.63) is 64.1 Å². The van der Waals surface area contributed by atoms with Gasteiger partial charge in [0.05, 0.1) is 11.9 Å². The Balaban J connectivity index is 1.84. The quantitative estimate of drug-likeness (QED) is 0.488. The van der Waals surface area contributed by atoms with E-state index in [9.17, 15) is 18.0 Å². The fourth-order valence-electron chi connectivity index (χ4n) is 4.26. The molecule has 1 N–H and O–H groups in total. The zero-order valence-corrected chi connectivity index (χ0v) is 22.2. The van der Waals surface area contributed by atoms with Crippen LogP contribution in [0.5, 0.6) is 0 Å². The van der Waals surface area contributed by atoms with Crippen LogP contribution < -0.4 is 9.62 Å². The molecule has 0 saturated heterocycles. The summed E-state index contributed by atoms with van der Waals surface area (Å²) in [7, 11) is -3.84. The van der Waals surface area contributed by atoms with Gasteiger partial charge < -0.3 is 10.2 Å². The molecular weight excluding hydrogens is 509 g/mol. The first-order valence-corrected chi connectivity index (χ1v) is 14.2. The number of hydrogen-bond donors (Lipinski definition) is 1. The van der Waals surface area contributed by atoms with E-state index in [0.717, 1.165) is 41.8 Å². The molecule has 10 heteroatoms. The third kappa shape index (κ3) is 7.85. The van der Waals surface area contributed by atoms with Gasteiger partial charge in [0.15, 0.2) is 0 Å². The van der Waals surface area contributed by atoms with Gasteiger partial charge in [-0.3, -0.25) is 13.9 Å². The second kappa shape index (κ2) is 12.1. The predicted octanol–water partition coefficient (Wildman–Crippen LogP) is 4.28. The molecule has 1 fully saturated rings. The Morgan fingerprint density at radius 2 is 1.66 bits per heavy atom. The fraction of sp³-hybridized carbons (Fsp3) is 0.440. The molecule has 0 aromatic heterocycles. The number of carbonyl (C=O) groups excluding carboxylic acids is 2. The highest BCUT2D eigenvalue weighted by molar-refractivity contribution is 7.92. The first kappa shape index (κ1) is 27.3. The van der Waals surface area contributed by atoms with E-state index in [1.165, 1.54) is 23.1 Å². The van der Waals surface area contributed by atoms with E-state index in [2.05, 4.69) is 5.32 Å². The number of benzene rings is 2. The minimum absolute atomic E-state index is 0.108. The van der Waals surface area contributed by atoms with Crippen LogP contribution in [0.25, 0.3) is 0 Å². The average Bonchev–Trinajstić information content (AvgIpc) is 3.29. The lowest BCUT2D eigenvalue weighted by atomic mass is 10.1.